The van der Waals surface area contributed by atoms with Crippen molar-refractivity contribution in [3.63, 3.8) is 0 Å². The minimum absolute atomic E-state index is 0.136. The van der Waals surface area contributed by atoms with Crippen molar-refractivity contribution in [1.29, 1.82) is 0 Å². The molecule has 0 aromatic heterocycles. The molecule has 0 unspecified atom stereocenters. The maximum atomic E-state index is 12.8. The van der Waals surface area contributed by atoms with Gasteiger partial charge in [-0.05, 0) is 42.7 Å². The van der Waals surface area contributed by atoms with Gasteiger partial charge in [0.2, 0.25) is 0 Å². The van der Waals surface area contributed by atoms with E-state index in [2.05, 4.69) is 12.1 Å². The Kier molecular flexibility index (Phi) is 4.14. The molecule has 2 aromatic rings. The molecule has 0 atom stereocenters. The van der Waals surface area contributed by atoms with E-state index in [1.165, 1.54) is 5.56 Å². The Balaban J connectivity index is 1.78. The van der Waals surface area contributed by atoms with Gasteiger partial charge in [0, 0.05) is 37.9 Å². The minimum Gasteiger partial charge on any atom is -0.378 e. The van der Waals surface area contributed by atoms with Gasteiger partial charge >= 0.3 is 0 Å². The number of hydrogen-bond acceptors (Lipinski definition) is 2. The summed E-state index contributed by atoms with van der Waals surface area (Å²) >= 11 is 0. The molecule has 1 aliphatic rings. The molecule has 3 rings (SSSR count). The first-order valence-electron chi connectivity index (χ1n) is 7.77. The first-order valence-corrected chi connectivity index (χ1v) is 7.77. The topological polar surface area (TPSA) is 23.6 Å². The molecule has 0 N–H and O–H groups in total. The summed E-state index contributed by atoms with van der Waals surface area (Å²) in [7, 11) is 4.01. The summed E-state index contributed by atoms with van der Waals surface area (Å²) in [4.78, 5) is 16.9. The fourth-order valence-corrected chi connectivity index (χ4v) is 2.60. The Morgan fingerprint density at radius 1 is 1.00 bits per heavy atom. The van der Waals surface area contributed by atoms with Crippen molar-refractivity contribution in [1.82, 2.24) is 4.90 Å². The van der Waals surface area contributed by atoms with Crippen LogP contribution in [0.4, 0.5) is 5.69 Å². The molecular formula is C19H22N2O. The predicted molar refractivity (Wildman–Crippen MR) is 90.1 cm³/mol. The summed E-state index contributed by atoms with van der Waals surface area (Å²) in [6.07, 6.45) is 2.24. The molecule has 1 aliphatic carbocycles. The second-order valence-corrected chi connectivity index (χ2v) is 6.09. The summed E-state index contributed by atoms with van der Waals surface area (Å²) in [6, 6.07) is 18.5. The number of nitrogens with zero attached hydrogens (tertiary/aromatic N) is 2. The quantitative estimate of drug-likeness (QED) is 0.842. The molecule has 3 heteroatoms. The molecule has 1 amide bonds. The fourth-order valence-electron chi connectivity index (χ4n) is 2.60. The zero-order valence-electron chi connectivity index (χ0n) is 13.2. The van der Waals surface area contributed by atoms with Gasteiger partial charge in [-0.2, -0.15) is 0 Å². The van der Waals surface area contributed by atoms with Gasteiger partial charge in [0.1, 0.15) is 0 Å². The zero-order chi connectivity index (χ0) is 15.5. The summed E-state index contributed by atoms with van der Waals surface area (Å²) in [5, 5.41) is 0. The second-order valence-electron chi connectivity index (χ2n) is 6.09. The molecule has 0 radical (unpaired) electrons. The van der Waals surface area contributed by atoms with Crippen LogP contribution in [-0.2, 0) is 6.54 Å². The van der Waals surface area contributed by atoms with Crippen LogP contribution in [0.3, 0.4) is 0 Å². The number of anilines is 1. The van der Waals surface area contributed by atoms with E-state index in [-0.39, 0.29) is 5.91 Å². The van der Waals surface area contributed by atoms with Crippen LogP contribution in [0, 0.1) is 0 Å². The highest BCUT2D eigenvalue weighted by atomic mass is 16.2. The number of hydrogen-bond donors (Lipinski definition) is 0. The molecular weight excluding hydrogens is 272 g/mol. The first kappa shape index (κ1) is 14.6. The van der Waals surface area contributed by atoms with E-state index in [9.17, 15) is 4.79 Å². The summed E-state index contributed by atoms with van der Waals surface area (Å²) in [5.41, 5.74) is 3.07. The van der Waals surface area contributed by atoms with Crippen LogP contribution in [0.5, 0.6) is 0 Å². The highest BCUT2D eigenvalue weighted by Crippen LogP contribution is 2.30. The third-order valence-corrected chi connectivity index (χ3v) is 4.07. The van der Waals surface area contributed by atoms with E-state index in [1.54, 1.807) is 0 Å². The lowest BCUT2D eigenvalue weighted by Crippen LogP contribution is -2.32. The van der Waals surface area contributed by atoms with Crippen molar-refractivity contribution in [2.45, 2.75) is 25.4 Å². The van der Waals surface area contributed by atoms with Crippen LogP contribution < -0.4 is 4.90 Å². The third-order valence-electron chi connectivity index (χ3n) is 4.07. The van der Waals surface area contributed by atoms with Crippen LogP contribution in [0.1, 0.15) is 28.8 Å². The smallest absolute Gasteiger partial charge is 0.254 e. The normalized spacial score (nSPS) is 13.7. The summed E-state index contributed by atoms with van der Waals surface area (Å²) < 4.78 is 0. The van der Waals surface area contributed by atoms with Gasteiger partial charge in [-0.1, -0.05) is 30.3 Å². The molecule has 1 fully saturated rings. The van der Waals surface area contributed by atoms with Gasteiger partial charge in [0.05, 0.1) is 0 Å². The average molecular weight is 294 g/mol. The Morgan fingerprint density at radius 2 is 1.64 bits per heavy atom. The van der Waals surface area contributed by atoms with Crippen molar-refractivity contribution in [2.24, 2.45) is 0 Å². The van der Waals surface area contributed by atoms with Gasteiger partial charge in [0.25, 0.3) is 5.91 Å². The number of carbonyl (C=O) groups is 1. The van der Waals surface area contributed by atoms with Crippen molar-refractivity contribution in [3.8, 4) is 0 Å². The lowest BCUT2D eigenvalue weighted by molar-refractivity contribution is 0.0730. The maximum Gasteiger partial charge on any atom is 0.254 e. The lowest BCUT2D eigenvalue weighted by atomic mass is 10.1. The molecule has 1 saturated carbocycles. The highest BCUT2D eigenvalue weighted by molar-refractivity contribution is 5.95. The molecule has 114 valence electrons. The lowest BCUT2D eigenvalue weighted by Gasteiger charge is -2.23. The van der Waals surface area contributed by atoms with Gasteiger partial charge in [-0.25, -0.2) is 0 Å². The van der Waals surface area contributed by atoms with Crippen LogP contribution in [0.25, 0.3) is 0 Å². The molecule has 0 bridgehead atoms. The van der Waals surface area contributed by atoms with E-state index in [1.807, 2.05) is 66.4 Å². The Morgan fingerprint density at radius 3 is 2.18 bits per heavy atom. The standard InChI is InChI=1S/C19H22N2O/c1-20(2)17-10-8-16(9-11-17)19(22)21(18-12-13-18)14-15-6-4-3-5-7-15/h3-11,18H,12-14H2,1-2H3. The van der Waals surface area contributed by atoms with Crippen molar-refractivity contribution in [3.05, 3.63) is 65.7 Å². The van der Waals surface area contributed by atoms with E-state index in [0.717, 1.165) is 24.1 Å². The third kappa shape index (κ3) is 3.30. The number of amides is 1. The molecule has 0 aliphatic heterocycles. The van der Waals surface area contributed by atoms with E-state index in [4.69, 9.17) is 0 Å². The SMILES string of the molecule is CN(C)c1ccc(C(=O)N(Cc2ccccc2)C2CC2)cc1. The molecule has 2 aromatic carbocycles. The van der Waals surface area contributed by atoms with Crippen molar-refractivity contribution < 1.29 is 4.79 Å². The van der Waals surface area contributed by atoms with Gasteiger partial charge in [0.15, 0.2) is 0 Å². The molecule has 0 saturated heterocycles. The van der Waals surface area contributed by atoms with Gasteiger partial charge < -0.3 is 9.80 Å². The van der Waals surface area contributed by atoms with Gasteiger partial charge in [-0.3, -0.25) is 4.79 Å². The first-order chi connectivity index (χ1) is 10.6. The van der Waals surface area contributed by atoms with Crippen LogP contribution in [0.15, 0.2) is 54.6 Å². The minimum atomic E-state index is 0.136. The van der Waals surface area contributed by atoms with Gasteiger partial charge in [-0.15, -0.1) is 0 Å². The molecule has 0 heterocycles. The van der Waals surface area contributed by atoms with E-state index < -0.39 is 0 Å². The van der Waals surface area contributed by atoms with Crippen molar-refractivity contribution >= 4 is 11.6 Å². The summed E-state index contributed by atoms with van der Waals surface area (Å²) in [5.74, 6) is 0.136. The van der Waals surface area contributed by atoms with Crippen LogP contribution in [-0.4, -0.2) is 30.9 Å². The Hall–Kier alpha value is -2.29. The molecule has 22 heavy (non-hydrogen) atoms. The Labute approximate surface area is 132 Å². The van der Waals surface area contributed by atoms with Crippen molar-refractivity contribution in [2.75, 3.05) is 19.0 Å². The zero-order valence-corrected chi connectivity index (χ0v) is 13.2. The Bertz CT molecular complexity index is 630. The summed E-state index contributed by atoms with van der Waals surface area (Å²) in [6.45, 7) is 0.694. The average Bonchev–Trinajstić information content (AvgIpc) is 3.38. The van der Waals surface area contributed by atoms with E-state index in [0.29, 0.717) is 12.6 Å². The highest BCUT2D eigenvalue weighted by Gasteiger charge is 2.32. The number of benzene rings is 2. The fraction of sp³-hybridized carbons (Fsp3) is 0.316. The van der Waals surface area contributed by atoms with Crippen LogP contribution in [0.2, 0.25) is 0 Å². The number of rotatable bonds is 5. The van der Waals surface area contributed by atoms with E-state index >= 15 is 0 Å². The monoisotopic (exact) mass is 294 g/mol. The van der Waals surface area contributed by atoms with Crippen LogP contribution >= 0.6 is 0 Å². The number of carbonyl (C=O) groups excluding carboxylic acids is 1. The predicted octanol–water partition coefficient (Wildman–Crippen LogP) is 3.56. The largest absolute Gasteiger partial charge is 0.378 e. The molecule has 0 spiro atoms. The maximum absolute atomic E-state index is 12.8. The second kappa shape index (κ2) is 6.22. The molecule has 3 nitrogen and oxygen atoms in total.